The molecule has 0 N–H and O–H groups in total. The van der Waals surface area contributed by atoms with Gasteiger partial charge in [0, 0.05) is 17.5 Å². The fourth-order valence-corrected chi connectivity index (χ4v) is 2.93. The molecular formula is C19H11N3O4. The third-order valence-corrected chi connectivity index (χ3v) is 4.18. The van der Waals surface area contributed by atoms with Gasteiger partial charge in [0.2, 0.25) is 0 Å². The average Bonchev–Trinajstić information content (AvgIpc) is 2.66. The Morgan fingerprint density at radius 3 is 2.00 bits per heavy atom. The van der Waals surface area contributed by atoms with Gasteiger partial charge in [0.25, 0.3) is 17.5 Å². The Balaban J connectivity index is 1.71. The molecule has 0 unspecified atom stereocenters. The predicted octanol–water partition coefficient (Wildman–Crippen LogP) is 3.38. The van der Waals surface area contributed by atoms with Crippen LogP contribution in [0.5, 0.6) is 0 Å². The lowest BCUT2D eigenvalue weighted by Crippen LogP contribution is -2.36. The summed E-state index contributed by atoms with van der Waals surface area (Å²) in [6.07, 6.45) is 1.33. The summed E-state index contributed by atoms with van der Waals surface area (Å²) in [5.74, 6) is -1.00. The molecule has 0 fully saturated rings. The van der Waals surface area contributed by atoms with E-state index < -0.39 is 16.7 Å². The number of nitro groups is 1. The number of amides is 2. The molecule has 26 heavy (non-hydrogen) atoms. The Labute approximate surface area is 147 Å². The highest BCUT2D eigenvalue weighted by Crippen LogP contribution is 2.30. The molecule has 1 heterocycles. The van der Waals surface area contributed by atoms with Crippen LogP contribution in [0.15, 0.2) is 65.8 Å². The Kier molecular flexibility index (Phi) is 3.54. The first kappa shape index (κ1) is 15.6. The van der Waals surface area contributed by atoms with Crippen molar-refractivity contribution in [1.82, 2.24) is 5.01 Å². The molecule has 3 aromatic rings. The SMILES string of the molecule is O=C1c2cccc3cccc(c23)C(=O)N1/N=C\c1ccc([N+](=O)[O-])cc1. The van der Waals surface area contributed by atoms with Crippen molar-refractivity contribution >= 4 is 34.5 Å². The summed E-state index contributed by atoms with van der Waals surface area (Å²) in [4.78, 5) is 35.5. The van der Waals surface area contributed by atoms with Crippen molar-refractivity contribution in [2.24, 2.45) is 5.10 Å². The summed E-state index contributed by atoms with van der Waals surface area (Å²) in [5, 5.41) is 17.0. The molecule has 0 saturated carbocycles. The highest BCUT2D eigenvalue weighted by molar-refractivity contribution is 6.25. The maximum Gasteiger partial charge on any atom is 0.282 e. The first-order valence-corrected chi connectivity index (χ1v) is 7.75. The van der Waals surface area contributed by atoms with Crippen LogP contribution in [-0.2, 0) is 0 Å². The molecule has 0 bridgehead atoms. The number of hydrogen-bond acceptors (Lipinski definition) is 5. The normalized spacial score (nSPS) is 13.6. The molecule has 0 saturated heterocycles. The number of benzene rings is 3. The number of nitrogens with zero attached hydrogens (tertiary/aromatic N) is 3. The fourth-order valence-electron chi connectivity index (χ4n) is 2.93. The first-order chi connectivity index (χ1) is 12.6. The molecule has 7 heteroatoms. The molecule has 0 radical (unpaired) electrons. The summed E-state index contributed by atoms with van der Waals surface area (Å²) < 4.78 is 0. The number of carbonyl (C=O) groups excluding carboxylic acids is 2. The van der Waals surface area contributed by atoms with Crippen LogP contribution in [-0.4, -0.2) is 28.0 Å². The second-order valence-electron chi connectivity index (χ2n) is 5.72. The number of nitro benzene ring substituents is 1. The van der Waals surface area contributed by atoms with Crippen LogP contribution in [0.25, 0.3) is 10.8 Å². The third kappa shape index (κ3) is 2.42. The van der Waals surface area contributed by atoms with Crippen LogP contribution in [0, 0.1) is 10.1 Å². The van der Waals surface area contributed by atoms with Gasteiger partial charge in [0.1, 0.15) is 0 Å². The van der Waals surface area contributed by atoms with Crippen molar-refractivity contribution in [3.63, 3.8) is 0 Å². The summed E-state index contributed by atoms with van der Waals surface area (Å²) in [5.41, 5.74) is 1.32. The zero-order valence-electron chi connectivity index (χ0n) is 13.3. The van der Waals surface area contributed by atoms with Crippen molar-refractivity contribution < 1.29 is 14.5 Å². The lowest BCUT2D eigenvalue weighted by atomic mass is 9.95. The van der Waals surface area contributed by atoms with Gasteiger partial charge in [-0.3, -0.25) is 19.7 Å². The van der Waals surface area contributed by atoms with Crippen molar-refractivity contribution in [3.05, 3.63) is 87.5 Å². The smallest absolute Gasteiger partial charge is 0.267 e. The highest BCUT2D eigenvalue weighted by atomic mass is 16.6. The molecule has 0 spiro atoms. The second kappa shape index (κ2) is 5.89. The molecule has 1 aliphatic rings. The summed E-state index contributed by atoms with van der Waals surface area (Å²) in [6, 6.07) is 16.2. The van der Waals surface area contributed by atoms with Gasteiger partial charge >= 0.3 is 0 Å². The number of non-ortho nitro benzene ring substituents is 1. The van der Waals surface area contributed by atoms with Crippen LogP contribution >= 0.6 is 0 Å². The minimum Gasteiger partial charge on any atom is -0.267 e. The van der Waals surface area contributed by atoms with E-state index in [0.29, 0.717) is 22.1 Å². The Morgan fingerprint density at radius 1 is 0.885 bits per heavy atom. The Morgan fingerprint density at radius 2 is 1.46 bits per heavy atom. The van der Waals surface area contributed by atoms with E-state index in [4.69, 9.17) is 0 Å². The van der Waals surface area contributed by atoms with Gasteiger partial charge in [0.15, 0.2) is 0 Å². The first-order valence-electron chi connectivity index (χ1n) is 7.75. The molecule has 0 atom stereocenters. The molecule has 4 rings (SSSR count). The van der Waals surface area contributed by atoms with Gasteiger partial charge in [-0.05, 0) is 35.2 Å². The van der Waals surface area contributed by atoms with Crippen molar-refractivity contribution in [3.8, 4) is 0 Å². The maximum atomic E-state index is 12.7. The van der Waals surface area contributed by atoms with E-state index in [-0.39, 0.29) is 5.69 Å². The van der Waals surface area contributed by atoms with Gasteiger partial charge in [0.05, 0.1) is 22.3 Å². The van der Waals surface area contributed by atoms with Crippen LogP contribution in [0.3, 0.4) is 0 Å². The zero-order valence-corrected chi connectivity index (χ0v) is 13.3. The number of rotatable bonds is 3. The van der Waals surface area contributed by atoms with Crippen molar-refractivity contribution in [2.45, 2.75) is 0 Å². The second-order valence-corrected chi connectivity index (χ2v) is 5.72. The van der Waals surface area contributed by atoms with E-state index in [1.165, 1.54) is 30.5 Å². The van der Waals surface area contributed by atoms with Crippen molar-refractivity contribution in [2.75, 3.05) is 0 Å². The Hall–Kier alpha value is -3.87. The molecule has 2 amide bonds. The zero-order chi connectivity index (χ0) is 18.3. The highest BCUT2D eigenvalue weighted by Gasteiger charge is 2.32. The molecule has 0 aromatic heterocycles. The van der Waals surface area contributed by atoms with Crippen LogP contribution in [0.1, 0.15) is 26.3 Å². The van der Waals surface area contributed by atoms with Crippen molar-refractivity contribution in [1.29, 1.82) is 0 Å². The van der Waals surface area contributed by atoms with E-state index >= 15 is 0 Å². The average molecular weight is 345 g/mol. The topological polar surface area (TPSA) is 92.9 Å². The van der Waals surface area contributed by atoms with E-state index in [9.17, 15) is 19.7 Å². The van der Waals surface area contributed by atoms with E-state index in [0.717, 1.165) is 10.4 Å². The molecule has 0 aliphatic carbocycles. The number of imide groups is 1. The van der Waals surface area contributed by atoms with Gasteiger partial charge in [-0.2, -0.15) is 10.1 Å². The minimum atomic E-state index is -0.504. The van der Waals surface area contributed by atoms with Gasteiger partial charge < -0.3 is 0 Å². The molecule has 1 aliphatic heterocycles. The number of hydrogen-bond donors (Lipinski definition) is 0. The molecule has 126 valence electrons. The lowest BCUT2D eigenvalue weighted by molar-refractivity contribution is -0.384. The number of hydrazone groups is 1. The largest absolute Gasteiger partial charge is 0.282 e. The fraction of sp³-hybridized carbons (Fsp3) is 0. The molecular weight excluding hydrogens is 334 g/mol. The van der Waals surface area contributed by atoms with Crippen LogP contribution in [0.4, 0.5) is 5.69 Å². The van der Waals surface area contributed by atoms with Gasteiger partial charge in [-0.25, -0.2) is 0 Å². The standard InChI is InChI=1S/C19H11N3O4/c23-18-15-5-1-3-13-4-2-6-16(17(13)15)19(24)21(18)20-11-12-7-9-14(10-8-12)22(25)26/h1-11H/b20-11-. The molecule has 3 aromatic carbocycles. The summed E-state index contributed by atoms with van der Waals surface area (Å²) in [6.45, 7) is 0. The predicted molar refractivity (Wildman–Crippen MR) is 95.1 cm³/mol. The number of carbonyl (C=O) groups is 2. The van der Waals surface area contributed by atoms with Gasteiger partial charge in [-0.1, -0.05) is 24.3 Å². The lowest BCUT2D eigenvalue weighted by Gasteiger charge is -2.22. The monoisotopic (exact) mass is 345 g/mol. The molecule has 7 nitrogen and oxygen atoms in total. The van der Waals surface area contributed by atoms with E-state index in [2.05, 4.69) is 5.10 Å². The Bertz CT molecular complexity index is 1050. The van der Waals surface area contributed by atoms with Crippen LogP contribution < -0.4 is 0 Å². The third-order valence-electron chi connectivity index (χ3n) is 4.18. The van der Waals surface area contributed by atoms with E-state index in [1.54, 1.807) is 24.3 Å². The van der Waals surface area contributed by atoms with Crippen LogP contribution in [0.2, 0.25) is 0 Å². The summed E-state index contributed by atoms with van der Waals surface area (Å²) >= 11 is 0. The van der Waals surface area contributed by atoms with Gasteiger partial charge in [-0.15, -0.1) is 0 Å². The summed E-state index contributed by atoms with van der Waals surface area (Å²) in [7, 11) is 0. The van der Waals surface area contributed by atoms with E-state index in [1.807, 2.05) is 12.1 Å². The minimum absolute atomic E-state index is 0.0483. The quantitative estimate of drug-likeness (QED) is 0.315. The maximum absolute atomic E-state index is 12.7.